The molecule has 0 aromatic heterocycles. The van der Waals surface area contributed by atoms with Crippen LogP contribution >= 0.6 is 22.6 Å². The smallest absolute Gasteiger partial charge is 0.317 e. The maximum absolute atomic E-state index is 13.5. The number of aliphatic imine (C=N–C) groups is 1. The maximum atomic E-state index is 13.5. The average molecular weight is 545 g/mol. The summed E-state index contributed by atoms with van der Waals surface area (Å²) in [6.07, 6.45) is 13.5. The minimum Gasteiger partial charge on any atom is -0.387 e. The highest BCUT2D eigenvalue weighted by Gasteiger charge is 2.43. The van der Waals surface area contributed by atoms with Crippen molar-refractivity contribution in [2.75, 3.05) is 19.6 Å². The summed E-state index contributed by atoms with van der Waals surface area (Å²) in [5.41, 5.74) is 5.69. The molecule has 31 heavy (non-hydrogen) atoms. The highest BCUT2D eigenvalue weighted by atomic mass is 127. The second kappa shape index (κ2) is 11.8. The van der Waals surface area contributed by atoms with Gasteiger partial charge >= 0.3 is 6.03 Å². The summed E-state index contributed by atoms with van der Waals surface area (Å²) in [5.74, 6) is 1.94. The van der Waals surface area contributed by atoms with Crippen LogP contribution < -0.4 is 11.1 Å². The van der Waals surface area contributed by atoms with E-state index in [0.717, 1.165) is 64.0 Å². The summed E-state index contributed by atoms with van der Waals surface area (Å²) in [6.45, 7) is 4.30. The molecule has 3 atom stereocenters. The molecule has 1 saturated heterocycles. The number of urea groups is 1. The molecule has 3 N–H and O–H groups in total. The average Bonchev–Trinajstić information content (AvgIpc) is 2.89. The lowest BCUT2D eigenvalue weighted by atomic mass is 9.74. The van der Waals surface area contributed by atoms with Gasteiger partial charge in [-0.25, -0.2) is 4.79 Å². The van der Waals surface area contributed by atoms with E-state index in [1.54, 1.807) is 0 Å². The van der Waals surface area contributed by atoms with Gasteiger partial charge < -0.3 is 16.0 Å². The van der Waals surface area contributed by atoms with Crippen LogP contribution in [-0.4, -0.2) is 51.6 Å². The van der Waals surface area contributed by atoms with Crippen LogP contribution in [0.4, 0.5) is 4.79 Å². The normalized spacial score (nSPS) is 30.6. The molecular formula is C24H41IN4O2. The van der Waals surface area contributed by atoms with Crippen molar-refractivity contribution in [3.63, 3.8) is 0 Å². The second-order valence-corrected chi connectivity index (χ2v) is 11.4. The lowest BCUT2D eigenvalue weighted by Crippen LogP contribution is -2.48. The van der Waals surface area contributed by atoms with Crippen molar-refractivity contribution in [3.8, 4) is 0 Å². The highest BCUT2D eigenvalue weighted by Crippen LogP contribution is 2.39. The van der Waals surface area contributed by atoms with Gasteiger partial charge in [-0.3, -0.25) is 9.79 Å². The lowest BCUT2D eigenvalue weighted by Gasteiger charge is -2.38. The monoisotopic (exact) mass is 544 g/mol. The Labute approximate surface area is 201 Å². The third-order valence-corrected chi connectivity index (χ3v) is 8.72. The van der Waals surface area contributed by atoms with Gasteiger partial charge in [-0.1, -0.05) is 61.6 Å². The number of amidine groups is 1. The molecule has 2 aliphatic heterocycles. The highest BCUT2D eigenvalue weighted by molar-refractivity contribution is 14.1. The van der Waals surface area contributed by atoms with Crippen LogP contribution in [0.1, 0.15) is 90.4 Å². The van der Waals surface area contributed by atoms with Crippen molar-refractivity contribution in [1.29, 1.82) is 0 Å². The molecule has 2 unspecified atom stereocenters. The quantitative estimate of drug-likeness (QED) is 0.356. The Kier molecular flexibility index (Phi) is 9.47. The molecule has 2 fully saturated rings. The largest absolute Gasteiger partial charge is 0.387 e. The molecule has 176 valence electrons. The minimum atomic E-state index is -0.685. The van der Waals surface area contributed by atoms with Crippen molar-refractivity contribution in [1.82, 2.24) is 10.2 Å². The number of hydrogen-bond acceptors (Lipinski definition) is 4. The van der Waals surface area contributed by atoms with Gasteiger partial charge in [-0.2, -0.15) is 0 Å². The van der Waals surface area contributed by atoms with Crippen molar-refractivity contribution < 1.29 is 9.59 Å². The fourth-order valence-electron chi connectivity index (χ4n) is 5.63. The van der Waals surface area contributed by atoms with Gasteiger partial charge in [0.1, 0.15) is 11.4 Å². The van der Waals surface area contributed by atoms with Crippen molar-refractivity contribution in [3.05, 3.63) is 0 Å². The van der Waals surface area contributed by atoms with E-state index in [1.807, 2.05) is 4.90 Å². The lowest BCUT2D eigenvalue weighted by molar-refractivity contribution is -0.125. The van der Waals surface area contributed by atoms with E-state index in [1.165, 1.54) is 32.1 Å². The number of carbonyl (C=O) groups is 2. The van der Waals surface area contributed by atoms with Crippen LogP contribution in [0, 0.1) is 11.8 Å². The number of hydrogen-bond donors (Lipinski definition) is 2. The number of nitrogens with zero attached hydrogens (tertiary/aromatic N) is 2. The Morgan fingerprint density at radius 1 is 1.19 bits per heavy atom. The molecule has 6 nitrogen and oxygen atoms in total. The number of alkyl halides is 1. The number of ketones is 1. The molecular weight excluding hydrogens is 503 g/mol. The van der Waals surface area contributed by atoms with Crippen molar-refractivity contribution in [2.24, 2.45) is 22.6 Å². The number of amides is 2. The van der Waals surface area contributed by atoms with Crippen LogP contribution in [0.5, 0.6) is 0 Å². The molecule has 0 bridgehead atoms. The van der Waals surface area contributed by atoms with Crippen LogP contribution in [-0.2, 0) is 4.79 Å². The Morgan fingerprint density at radius 2 is 1.94 bits per heavy atom. The summed E-state index contributed by atoms with van der Waals surface area (Å²) < 4.78 is 0.140. The first-order valence-electron chi connectivity index (χ1n) is 12.5. The number of nitrogens with one attached hydrogen (secondary N) is 1. The molecule has 2 heterocycles. The van der Waals surface area contributed by atoms with Crippen LogP contribution in [0.3, 0.4) is 0 Å². The zero-order valence-electron chi connectivity index (χ0n) is 19.2. The number of rotatable bonds is 7. The number of nitrogens with two attached hydrogens (primary N) is 1. The number of piperidine rings is 1. The van der Waals surface area contributed by atoms with Gasteiger partial charge in [0.25, 0.3) is 0 Å². The molecule has 0 aromatic carbocycles. The first-order chi connectivity index (χ1) is 14.9. The second-order valence-electron chi connectivity index (χ2n) is 9.93. The van der Waals surface area contributed by atoms with E-state index in [4.69, 9.17) is 10.7 Å². The third kappa shape index (κ3) is 6.81. The molecule has 7 heteroatoms. The zero-order valence-corrected chi connectivity index (χ0v) is 21.4. The predicted molar refractivity (Wildman–Crippen MR) is 135 cm³/mol. The molecule has 0 radical (unpaired) electrons. The van der Waals surface area contributed by atoms with Crippen molar-refractivity contribution >= 4 is 40.2 Å². The fourth-order valence-corrected chi connectivity index (χ4v) is 6.08. The van der Waals surface area contributed by atoms with E-state index in [2.05, 4.69) is 34.8 Å². The summed E-state index contributed by atoms with van der Waals surface area (Å²) in [7, 11) is 0. The van der Waals surface area contributed by atoms with Gasteiger partial charge in [0.2, 0.25) is 0 Å². The Bertz CT molecular complexity index is 649. The Balaban J connectivity index is 1.74. The molecule has 0 spiro atoms. The number of Topliss-reactive ketones (excluding diaryl/α,β-unsaturated/α-hetero) is 1. The van der Waals surface area contributed by atoms with E-state index < -0.39 is 5.54 Å². The molecule has 0 aromatic rings. The maximum Gasteiger partial charge on any atom is 0.317 e. The first-order valence-corrected chi connectivity index (χ1v) is 13.7. The third-order valence-electron chi connectivity index (χ3n) is 7.46. The van der Waals surface area contributed by atoms with E-state index in [9.17, 15) is 9.59 Å². The number of carbonyl (C=O) groups excluding carboxylic acids is 2. The summed E-state index contributed by atoms with van der Waals surface area (Å²) in [5, 5.41) is 3.01. The summed E-state index contributed by atoms with van der Waals surface area (Å²) in [6, 6.07) is 0.0327. The van der Waals surface area contributed by atoms with Gasteiger partial charge in [-0.05, 0) is 56.8 Å². The summed E-state index contributed by atoms with van der Waals surface area (Å²) in [4.78, 5) is 32.9. The molecule has 3 rings (SSSR count). The van der Waals surface area contributed by atoms with Crippen molar-refractivity contribution in [2.45, 2.75) is 99.9 Å². The fraction of sp³-hybridized carbons (Fsp3) is 0.875. The van der Waals surface area contributed by atoms with Crippen LogP contribution in [0.15, 0.2) is 4.99 Å². The first kappa shape index (κ1) is 24.8. The van der Waals surface area contributed by atoms with Gasteiger partial charge in [0, 0.05) is 26.1 Å². The van der Waals surface area contributed by atoms with Crippen LogP contribution in [0.2, 0.25) is 0 Å². The SMILES string of the molecule is CCCNC(=O)N1CCCC(C[C@@]2(CCC3CCCCC3)N=C(N)C(I)CCC2=O)C1. The summed E-state index contributed by atoms with van der Waals surface area (Å²) >= 11 is 2.33. The standard InChI is InChI=1S/C24H41IN4O2/c1-2-14-27-23(31)29-15-6-9-19(17-29)16-24(13-12-18-7-4-3-5-8-18)21(30)11-10-20(25)22(26)28-24/h18-20H,2-17H2,1H3,(H2,26,28)(H,27,31)/t19?,20?,24-/m1/s1. The molecule has 1 aliphatic carbocycles. The van der Waals surface area contributed by atoms with Gasteiger partial charge in [0.15, 0.2) is 5.78 Å². The molecule has 3 aliphatic rings. The Hall–Kier alpha value is -0.860. The number of halogens is 1. The van der Waals surface area contributed by atoms with Gasteiger partial charge in [-0.15, -0.1) is 0 Å². The topological polar surface area (TPSA) is 87.8 Å². The Morgan fingerprint density at radius 3 is 2.68 bits per heavy atom. The minimum absolute atomic E-state index is 0.0327. The molecule has 2 amide bonds. The predicted octanol–water partition coefficient (Wildman–Crippen LogP) is 4.83. The van der Waals surface area contributed by atoms with E-state index in [0.29, 0.717) is 24.7 Å². The van der Waals surface area contributed by atoms with E-state index in [-0.39, 0.29) is 15.7 Å². The molecule has 1 saturated carbocycles. The number of likely N-dealkylation sites (tertiary alicyclic amines) is 1. The van der Waals surface area contributed by atoms with Crippen LogP contribution in [0.25, 0.3) is 0 Å². The van der Waals surface area contributed by atoms with Gasteiger partial charge in [0.05, 0.1) is 3.92 Å². The zero-order chi connectivity index (χ0) is 22.3. The van der Waals surface area contributed by atoms with E-state index >= 15 is 0 Å².